The molecule has 0 atom stereocenters. The molecule has 0 saturated carbocycles. The summed E-state index contributed by atoms with van der Waals surface area (Å²) in [5.41, 5.74) is 3.30. The Morgan fingerprint density at radius 1 is 1.47 bits per heavy atom. The van der Waals surface area contributed by atoms with Crippen LogP contribution < -0.4 is 0 Å². The van der Waals surface area contributed by atoms with E-state index < -0.39 is 5.97 Å². The Hall–Kier alpha value is -1.84. The Balaban J connectivity index is 2.61. The van der Waals surface area contributed by atoms with Gasteiger partial charge in [-0.05, 0) is 31.0 Å². The van der Waals surface area contributed by atoms with Crippen LogP contribution in [0.2, 0.25) is 0 Å². The SMILES string of the molecule is Cc1ccc2c(CC(=O)O)noc2c1C. The number of hydrogen-bond donors (Lipinski definition) is 1. The molecular formula is C11H11NO3. The van der Waals surface area contributed by atoms with E-state index in [1.165, 1.54) is 0 Å². The van der Waals surface area contributed by atoms with Gasteiger partial charge in [-0.3, -0.25) is 4.79 Å². The van der Waals surface area contributed by atoms with Crippen LogP contribution in [0.1, 0.15) is 16.8 Å². The summed E-state index contributed by atoms with van der Waals surface area (Å²) in [6.07, 6.45) is -0.102. The fourth-order valence-corrected chi connectivity index (χ4v) is 1.56. The van der Waals surface area contributed by atoms with Crippen molar-refractivity contribution in [1.82, 2.24) is 5.16 Å². The van der Waals surface area contributed by atoms with E-state index in [4.69, 9.17) is 9.63 Å². The number of carboxylic acids is 1. The summed E-state index contributed by atoms with van der Waals surface area (Å²) in [5, 5.41) is 13.3. The van der Waals surface area contributed by atoms with E-state index in [1.807, 2.05) is 26.0 Å². The maximum absolute atomic E-state index is 10.6. The molecule has 0 bridgehead atoms. The normalized spacial score (nSPS) is 10.8. The van der Waals surface area contributed by atoms with Crippen molar-refractivity contribution in [1.29, 1.82) is 0 Å². The molecule has 78 valence electrons. The van der Waals surface area contributed by atoms with Gasteiger partial charge in [0.05, 0.1) is 6.42 Å². The average molecular weight is 205 g/mol. The van der Waals surface area contributed by atoms with Gasteiger partial charge in [0.2, 0.25) is 0 Å². The molecule has 1 aromatic heterocycles. The van der Waals surface area contributed by atoms with Gasteiger partial charge in [0.15, 0.2) is 5.58 Å². The predicted octanol–water partition coefficient (Wildman–Crippen LogP) is 2.07. The number of carboxylic acid groups (broad SMARTS) is 1. The number of fused-ring (bicyclic) bond motifs is 1. The van der Waals surface area contributed by atoms with E-state index >= 15 is 0 Å². The van der Waals surface area contributed by atoms with Gasteiger partial charge in [-0.1, -0.05) is 11.2 Å². The zero-order valence-electron chi connectivity index (χ0n) is 8.57. The molecule has 2 rings (SSSR count). The molecule has 2 aromatic rings. The number of aliphatic carboxylic acids is 1. The fourth-order valence-electron chi connectivity index (χ4n) is 1.56. The Kier molecular flexibility index (Phi) is 2.19. The van der Waals surface area contributed by atoms with Crippen LogP contribution in [0.25, 0.3) is 11.0 Å². The molecule has 0 spiro atoms. The van der Waals surface area contributed by atoms with Crippen LogP contribution in [0, 0.1) is 13.8 Å². The van der Waals surface area contributed by atoms with Crippen LogP contribution in [0.4, 0.5) is 0 Å². The summed E-state index contributed by atoms with van der Waals surface area (Å²) in [6, 6.07) is 3.80. The van der Waals surface area contributed by atoms with Gasteiger partial charge in [-0.15, -0.1) is 0 Å². The molecule has 15 heavy (non-hydrogen) atoms. The Morgan fingerprint density at radius 3 is 2.87 bits per heavy atom. The smallest absolute Gasteiger partial charge is 0.309 e. The Morgan fingerprint density at radius 2 is 2.20 bits per heavy atom. The van der Waals surface area contributed by atoms with Gasteiger partial charge in [0, 0.05) is 5.39 Å². The van der Waals surface area contributed by atoms with Crippen LogP contribution in [0.15, 0.2) is 16.7 Å². The minimum Gasteiger partial charge on any atom is -0.481 e. The van der Waals surface area contributed by atoms with E-state index in [0.717, 1.165) is 16.5 Å². The summed E-state index contributed by atoms with van der Waals surface area (Å²) in [6.45, 7) is 3.92. The second kappa shape index (κ2) is 3.38. The van der Waals surface area contributed by atoms with Crippen molar-refractivity contribution in [2.24, 2.45) is 0 Å². The molecule has 0 aliphatic carbocycles. The maximum atomic E-state index is 10.6. The van der Waals surface area contributed by atoms with Crippen molar-refractivity contribution in [3.05, 3.63) is 29.0 Å². The predicted molar refractivity (Wildman–Crippen MR) is 54.8 cm³/mol. The minimum atomic E-state index is -0.900. The number of aryl methyl sites for hydroxylation is 2. The minimum absolute atomic E-state index is 0.102. The molecule has 4 heteroatoms. The lowest BCUT2D eigenvalue weighted by Gasteiger charge is -1.98. The number of benzene rings is 1. The zero-order valence-corrected chi connectivity index (χ0v) is 8.57. The van der Waals surface area contributed by atoms with Gasteiger partial charge in [-0.2, -0.15) is 0 Å². The first-order chi connectivity index (χ1) is 7.09. The standard InChI is InChI=1S/C11H11NO3/c1-6-3-4-8-9(5-10(13)14)12-15-11(8)7(6)2/h3-4H,5H2,1-2H3,(H,13,14). The molecule has 0 unspecified atom stereocenters. The number of nitrogens with zero attached hydrogens (tertiary/aromatic N) is 1. The van der Waals surface area contributed by atoms with Crippen LogP contribution >= 0.6 is 0 Å². The van der Waals surface area contributed by atoms with Crippen molar-refractivity contribution < 1.29 is 14.4 Å². The monoisotopic (exact) mass is 205 g/mol. The highest BCUT2D eigenvalue weighted by atomic mass is 16.5. The molecule has 1 N–H and O–H groups in total. The number of rotatable bonds is 2. The zero-order chi connectivity index (χ0) is 11.0. The van der Waals surface area contributed by atoms with Crippen LogP contribution in [0.5, 0.6) is 0 Å². The first-order valence-corrected chi connectivity index (χ1v) is 4.66. The summed E-state index contributed by atoms with van der Waals surface area (Å²) >= 11 is 0. The molecule has 4 nitrogen and oxygen atoms in total. The molecule has 1 heterocycles. The van der Waals surface area contributed by atoms with Gasteiger partial charge in [0.25, 0.3) is 0 Å². The van der Waals surface area contributed by atoms with E-state index in [2.05, 4.69) is 5.16 Å². The second-order valence-electron chi connectivity index (χ2n) is 3.58. The van der Waals surface area contributed by atoms with Crippen LogP contribution in [-0.4, -0.2) is 16.2 Å². The Labute approximate surface area is 86.5 Å². The third-order valence-corrected chi connectivity index (χ3v) is 2.55. The van der Waals surface area contributed by atoms with E-state index in [9.17, 15) is 4.79 Å². The molecule has 0 fully saturated rings. The largest absolute Gasteiger partial charge is 0.481 e. The van der Waals surface area contributed by atoms with Gasteiger partial charge < -0.3 is 9.63 Å². The highest BCUT2D eigenvalue weighted by molar-refractivity contribution is 5.86. The van der Waals surface area contributed by atoms with Gasteiger partial charge in [0.1, 0.15) is 5.69 Å². The van der Waals surface area contributed by atoms with E-state index in [1.54, 1.807) is 0 Å². The quantitative estimate of drug-likeness (QED) is 0.815. The van der Waals surface area contributed by atoms with Gasteiger partial charge >= 0.3 is 5.97 Å². The third kappa shape index (κ3) is 1.58. The molecule has 0 aliphatic heterocycles. The lowest BCUT2D eigenvalue weighted by molar-refractivity contribution is -0.136. The first kappa shape index (κ1) is 9.71. The maximum Gasteiger partial charge on any atom is 0.309 e. The van der Waals surface area contributed by atoms with E-state index in [-0.39, 0.29) is 6.42 Å². The number of carbonyl (C=O) groups is 1. The number of hydrogen-bond acceptors (Lipinski definition) is 3. The average Bonchev–Trinajstić information content (AvgIpc) is 2.55. The summed E-state index contributed by atoms with van der Waals surface area (Å²) < 4.78 is 5.15. The molecule has 0 saturated heterocycles. The third-order valence-electron chi connectivity index (χ3n) is 2.55. The van der Waals surface area contributed by atoms with Crippen molar-refractivity contribution >= 4 is 16.9 Å². The second-order valence-corrected chi connectivity index (χ2v) is 3.58. The van der Waals surface area contributed by atoms with E-state index in [0.29, 0.717) is 11.3 Å². The van der Waals surface area contributed by atoms with Gasteiger partial charge in [-0.25, -0.2) is 0 Å². The lowest BCUT2D eigenvalue weighted by atomic mass is 10.1. The van der Waals surface area contributed by atoms with Crippen molar-refractivity contribution in [3.8, 4) is 0 Å². The molecule has 0 aliphatic rings. The first-order valence-electron chi connectivity index (χ1n) is 4.66. The fraction of sp³-hybridized carbons (Fsp3) is 0.273. The molecular weight excluding hydrogens is 194 g/mol. The highest BCUT2D eigenvalue weighted by Gasteiger charge is 2.13. The molecule has 1 aromatic carbocycles. The number of aromatic nitrogens is 1. The summed E-state index contributed by atoms with van der Waals surface area (Å²) in [5.74, 6) is -0.900. The van der Waals surface area contributed by atoms with Crippen molar-refractivity contribution in [2.75, 3.05) is 0 Å². The summed E-state index contributed by atoms with van der Waals surface area (Å²) in [4.78, 5) is 10.6. The van der Waals surface area contributed by atoms with Crippen molar-refractivity contribution in [2.45, 2.75) is 20.3 Å². The lowest BCUT2D eigenvalue weighted by Crippen LogP contribution is -2.00. The van der Waals surface area contributed by atoms with Crippen LogP contribution in [0.3, 0.4) is 0 Å². The molecule has 0 amide bonds. The van der Waals surface area contributed by atoms with Crippen molar-refractivity contribution in [3.63, 3.8) is 0 Å². The molecule has 0 radical (unpaired) electrons. The summed E-state index contributed by atoms with van der Waals surface area (Å²) in [7, 11) is 0. The Bertz CT molecular complexity index is 528. The van der Waals surface area contributed by atoms with Crippen LogP contribution in [-0.2, 0) is 11.2 Å². The topological polar surface area (TPSA) is 63.3 Å². The highest BCUT2D eigenvalue weighted by Crippen LogP contribution is 2.24.